The standard InChI is InChI=1S/C24H34N6O/c1-16-21-8-9-22(31)30(20-6-4-5-7-20)24(21)27-23(26-16)18-10-12-29(13-11-18)15-19-14-25-28(3)17(19)2/h14,18,20H,4-13,15H2,1-3H3. The molecule has 2 aromatic rings. The van der Waals surface area contributed by atoms with Crippen LogP contribution in [0.5, 0.6) is 0 Å². The molecule has 0 bridgehead atoms. The lowest BCUT2D eigenvalue weighted by atomic mass is 9.94. The third-order valence-corrected chi connectivity index (χ3v) is 7.67. The van der Waals surface area contributed by atoms with Crippen molar-refractivity contribution in [3.63, 3.8) is 0 Å². The van der Waals surface area contributed by atoms with Gasteiger partial charge in [-0.1, -0.05) is 12.8 Å². The van der Waals surface area contributed by atoms with E-state index >= 15 is 0 Å². The van der Waals surface area contributed by atoms with Crippen molar-refractivity contribution in [2.24, 2.45) is 7.05 Å². The summed E-state index contributed by atoms with van der Waals surface area (Å²) in [5.74, 6) is 2.51. The van der Waals surface area contributed by atoms with Crippen LogP contribution in [0.3, 0.4) is 0 Å². The summed E-state index contributed by atoms with van der Waals surface area (Å²) < 4.78 is 1.95. The Morgan fingerprint density at radius 3 is 2.45 bits per heavy atom. The Balaban J connectivity index is 1.33. The Morgan fingerprint density at radius 1 is 1.03 bits per heavy atom. The molecule has 2 aliphatic heterocycles. The van der Waals surface area contributed by atoms with Gasteiger partial charge in [0.1, 0.15) is 11.6 Å². The number of piperidine rings is 1. The smallest absolute Gasteiger partial charge is 0.228 e. The van der Waals surface area contributed by atoms with E-state index in [2.05, 4.69) is 23.8 Å². The second-order valence-electron chi connectivity index (χ2n) is 9.60. The second-order valence-corrected chi connectivity index (χ2v) is 9.60. The van der Waals surface area contributed by atoms with Gasteiger partial charge in [-0.25, -0.2) is 9.97 Å². The summed E-state index contributed by atoms with van der Waals surface area (Å²) in [6.07, 6.45) is 10.2. The highest BCUT2D eigenvalue weighted by atomic mass is 16.2. The zero-order valence-corrected chi connectivity index (χ0v) is 19.1. The van der Waals surface area contributed by atoms with E-state index in [1.54, 1.807) is 0 Å². The molecule has 1 saturated carbocycles. The molecule has 4 heterocycles. The van der Waals surface area contributed by atoms with Crippen LogP contribution in [-0.4, -0.2) is 49.7 Å². The quantitative estimate of drug-likeness (QED) is 0.755. The van der Waals surface area contributed by atoms with Crippen LogP contribution >= 0.6 is 0 Å². The summed E-state index contributed by atoms with van der Waals surface area (Å²) in [7, 11) is 2.00. The number of rotatable bonds is 4. The van der Waals surface area contributed by atoms with E-state index in [9.17, 15) is 4.79 Å². The van der Waals surface area contributed by atoms with Crippen LogP contribution in [0.25, 0.3) is 0 Å². The highest BCUT2D eigenvalue weighted by Gasteiger charge is 2.35. The van der Waals surface area contributed by atoms with Crippen molar-refractivity contribution < 1.29 is 4.79 Å². The molecule has 31 heavy (non-hydrogen) atoms. The van der Waals surface area contributed by atoms with Gasteiger partial charge in [0.05, 0.1) is 6.20 Å². The molecule has 0 radical (unpaired) electrons. The number of hydrogen-bond donors (Lipinski definition) is 0. The number of carbonyl (C=O) groups is 1. The first-order valence-corrected chi connectivity index (χ1v) is 11.9. The Morgan fingerprint density at radius 2 is 1.77 bits per heavy atom. The molecule has 0 atom stereocenters. The first-order valence-electron chi connectivity index (χ1n) is 11.9. The minimum absolute atomic E-state index is 0.255. The molecule has 1 saturated heterocycles. The first kappa shape index (κ1) is 20.6. The van der Waals surface area contributed by atoms with E-state index in [-0.39, 0.29) is 5.91 Å². The second kappa shape index (κ2) is 8.34. The molecule has 5 rings (SSSR count). The van der Waals surface area contributed by atoms with Crippen LogP contribution in [0.2, 0.25) is 0 Å². The number of anilines is 1. The molecular weight excluding hydrogens is 388 g/mol. The predicted octanol–water partition coefficient (Wildman–Crippen LogP) is 3.43. The SMILES string of the molecule is Cc1nc(C2CCN(Cc3cnn(C)c3C)CC2)nc2c1CCC(=O)N2C1CCCC1. The van der Waals surface area contributed by atoms with Gasteiger partial charge in [-0.05, 0) is 59.0 Å². The van der Waals surface area contributed by atoms with Crippen molar-refractivity contribution in [3.8, 4) is 0 Å². The number of fused-ring (bicyclic) bond motifs is 1. The van der Waals surface area contributed by atoms with Crippen LogP contribution in [0, 0.1) is 13.8 Å². The first-order chi connectivity index (χ1) is 15.0. The van der Waals surface area contributed by atoms with Gasteiger partial charge in [0.2, 0.25) is 5.91 Å². The molecular formula is C24H34N6O. The Labute approximate surface area is 184 Å². The molecule has 0 spiro atoms. The van der Waals surface area contributed by atoms with Crippen LogP contribution in [0.4, 0.5) is 5.82 Å². The van der Waals surface area contributed by atoms with Crippen molar-refractivity contribution in [1.82, 2.24) is 24.6 Å². The Hall–Kier alpha value is -2.28. The number of likely N-dealkylation sites (tertiary alicyclic amines) is 1. The predicted molar refractivity (Wildman–Crippen MR) is 120 cm³/mol. The van der Waals surface area contributed by atoms with Crippen molar-refractivity contribution >= 4 is 11.7 Å². The molecule has 0 unspecified atom stereocenters. The minimum Gasteiger partial charge on any atom is -0.299 e. The molecule has 2 aromatic heterocycles. The fourth-order valence-electron chi connectivity index (χ4n) is 5.58. The van der Waals surface area contributed by atoms with Crippen molar-refractivity contribution in [2.45, 2.75) is 83.7 Å². The average molecular weight is 423 g/mol. The number of aryl methyl sites for hydroxylation is 2. The zero-order chi connectivity index (χ0) is 21.5. The summed E-state index contributed by atoms with van der Waals surface area (Å²) in [6, 6.07) is 0.332. The number of hydrogen-bond acceptors (Lipinski definition) is 5. The van der Waals surface area contributed by atoms with E-state index in [1.807, 2.05) is 22.8 Å². The topological polar surface area (TPSA) is 67.2 Å². The lowest BCUT2D eigenvalue weighted by Gasteiger charge is -2.35. The molecule has 7 heteroatoms. The average Bonchev–Trinajstić information content (AvgIpc) is 3.40. The summed E-state index contributed by atoms with van der Waals surface area (Å²) in [6.45, 7) is 7.29. The van der Waals surface area contributed by atoms with Gasteiger partial charge in [0.15, 0.2) is 0 Å². The lowest BCUT2D eigenvalue weighted by molar-refractivity contribution is -0.119. The van der Waals surface area contributed by atoms with Gasteiger partial charge in [-0.15, -0.1) is 0 Å². The van der Waals surface area contributed by atoms with Gasteiger partial charge in [-0.2, -0.15) is 5.10 Å². The lowest BCUT2D eigenvalue weighted by Crippen LogP contribution is -2.43. The Kier molecular flexibility index (Phi) is 5.54. The van der Waals surface area contributed by atoms with Gasteiger partial charge in [0, 0.05) is 54.5 Å². The third-order valence-electron chi connectivity index (χ3n) is 7.67. The molecule has 2 fully saturated rings. The number of carbonyl (C=O) groups excluding carboxylic acids is 1. The van der Waals surface area contributed by atoms with Gasteiger partial charge < -0.3 is 0 Å². The van der Waals surface area contributed by atoms with Gasteiger partial charge >= 0.3 is 0 Å². The monoisotopic (exact) mass is 422 g/mol. The third kappa shape index (κ3) is 3.88. The van der Waals surface area contributed by atoms with Crippen LogP contribution in [0.15, 0.2) is 6.20 Å². The summed E-state index contributed by atoms with van der Waals surface area (Å²) in [5.41, 5.74) is 4.82. The Bertz CT molecular complexity index is 969. The summed E-state index contributed by atoms with van der Waals surface area (Å²) >= 11 is 0. The molecule has 0 aromatic carbocycles. The molecule has 7 nitrogen and oxygen atoms in total. The maximum absolute atomic E-state index is 12.8. The number of amides is 1. The molecule has 3 aliphatic rings. The fourth-order valence-corrected chi connectivity index (χ4v) is 5.58. The minimum atomic E-state index is 0.255. The van der Waals surface area contributed by atoms with E-state index in [4.69, 9.17) is 9.97 Å². The zero-order valence-electron chi connectivity index (χ0n) is 19.1. The number of nitrogens with zero attached hydrogens (tertiary/aromatic N) is 6. The van der Waals surface area contributed by atoms with E-state index < -0.39 is 0 Å². The normalized spacial score (nSPS) is 21.1. The fraction of sp³-hybridized carbons (Fsp3) is 0.667. The molecule has 1 amide bonds. The van der Waals surface area contributed by atoms with E-state index in [1.165, 1.54) is 29.7 Å². The van der Waals surface area contributed by atoms with Crippen molar-refractivity contribution in [3.05, 3.63) is 34.5 Å². The maximum atomic E-state index is 12.8. The van der Waals surface area contributed by atoms with Crippen molar-refractivity contribution in [1.29, 1.82) is 0 Å². The van der Waals surface area contributed by atoms with Crippen molar-refractivity contribution in [2.75, 3.05) is 18.0 Å². The largest absolute Gasteiger partial charge is 0.299 e. The molecule has 0 N–H and O–H groups in total. The highest BCUT2D eigenvalue weighted by Crippen LogP contribution is 2.36. The van der Waals surface area contributed by atoms with Crippen LogP contribution in [0.1, 0.15) is 79.2 Å². The van der Waals surface area contributed by atoms with Crippen LogP contribution in [-0.2, 0) is 24.8 Å². The summed E-state index contributed by atoms with van der Waals surface area (Å²) in [5, 5.41) is 4.38. The van der Waals surface area contributed by atoms with Crippen LogP contribution < -0.4 is 4.90 Å². The van der Waals surface area contributed by atoms with E-state index in [0.29, 0.717) is 18.4 Å². The molecule has 166 valence electrons. The maximum Gasteiger partial charge on any atom is 0.228 e. The summed E-state index contributed by atoms with van der Waals surface area (Å²) in [4.78, 5) is 27.4. The van der Waals surface area contributed by atoms with Gasteiger partial charge in [-0.3, -0.25) is 19.3 Å². The van der Waals surface area contributed by atoms with E-state index in [0.717, 1.165) is 69.1 Å². The molecule has 1 aliphatic carbocycles. The highest BCUT2D eigenvalue weighted by molar-refractivity contribution is 5.96. The van der Waals surface area contributed by atoms with Gasteiger partial charge in [0.25, 0.3) is 0 Å². The number of aromatic nitrogens is 4.